The van der Waals surface area contributed by atoms with E-state index in [-0.39, 0.29) is 5.91 Å². The lowest BCUT2D eigenvalue weighted by atomic mass is 10.5. The van der Waals surface area contributed by atoms with Crippen LogP contribution in [0.15, 0.2) is 17.0 Å². The topological polar surface area (TPSA) is 54.9 Å². The third kappa shape index (κ3) is 3.47. The summed E-state index contributed by atoms with van der Waals surface area (Å²) in [6.45, 7) is 5.41. The second-order valence-electron chi connectivity index (χ2n) is 2.37. The number of nitrogens with zero attached hydrogens (tertiary/aromatic N) is 2. The first-order valence-corrected chi connectivity index (χ1v) is 5.93. The van der Waals surface area contributed by atoms with Gasteiger partial charge >= 0.3 is 0 Å². The summed E-state index contributed by atoms with van der Waals surface area (Å²) < 4.78 is 0.844. The van der Waals surface area contributed by atoms with Crippen molar-refractivity contribution >= 4 is 34.1 Å². The van der Waals surface area contributed by atoms with Crippen LogP contribution in [-0.2, 0) is 4.79 Å². The average molecular weight is 229 g/mol. The van der Waals surface area contributed by atoms with Gasteiger partial charge in [0, 0.05) is 12.2 Å². The van der Waals surface area contributed by atoms with Gasteiger partial charge in [0.2, 0.25) is 11.0 Å². The molecule has 0 aromatic carbocycles. The number of carbonyl (C=O) groups is 1. The number of thioether (sulfide) groups is 1. The molecule has 0 aliphatic carbocycles. The van der Waals surface area contributed by atoms with Crippen LogP contribution < -0.4 is 5.32 Å². The first-order valence-electron chi connectivity index (χ1n) is 4.13. The standard InChI is InChI=1S/C8H11N3OS2/c1-3-5-13-8-11-10-7(14-8)9-6(12)4-2/h3H,1,4-5H2,2H3,(H,9,10,12). The molecule has 0 atom stereocenters. The maximum Gasteiger partial charge on any atom is 0.225 e. The SMILES string of the molecule is C=CCSc1nnc(NC(=O)CC)s1. The lowest BCUT2D eigenvalue weighted by Gasteiger charge is -1.94. The van der Waals surface area contributed by atoms with E-state index in [0.717, 1.165) is 10.1 Å². The van der Waals surface area contributed by atoms with E-state index in [1.165, 1.54) is 11.3 Å². The lowest BCUT2D eigenvalue weighted by Crippen LogP contribution is -2.08. The minimum Gasteiger partial charge on any atom is -0.301 e. The van der Waals surface area contributed by atoms with Crippen molar-refractivity contribution in [2.24, 2.45) is 0 Å². The molecule has 1 N–H and O–H groups in total. The van der Waals surface area contributed by atoms with E-state index in [4.69, 9.17) is 0 Å². The van der Waals surface area contributed by atoms with Gasteiger partial charge in [0.25, 0.3) is 0 Å². The second kappa shape index (κ2) is 5.77. The van der Waals surface area contributed by atoms with Crippen LogP contribution in [0.4, 0.5) is 5.13 Å². The third-order valence-electron chi connectivity index (χ3n) is 1.30. The first-order chi connectivity index (χ1) is 6.76. The molecule has 0 aliphatic heterocycles. The highest BCUT2D eigenvalue weighted by atomic mass is 32.2. The van der Waals surface area contributed by atoms with Crippen molar-refractivity contribution in [2.75, 3.05) is 11.1 Å². The van der Waals surface area contributed by atoms with Gasteiger partial charge in [0.15, 0.2) is 4.34 Å². The maximum atomic E-state index is 11.0. The van der Waals surface area contributed by atoms with Crippen LogP contribution in [0.1, 0.15) is 13.3 Å². The molecule has 0 aliphatic rings. The zero-order chi connectivity index (χ0) is 10.4. The zero-order valence-corrected chi connectivity index (χ0v) is 9.45. The van der Waals surface area contributed by atoms with E-state index in [2.05, 4.69) is 22.1 Å². The Bertz CT molecular complexity index is 324. The Morgan fingerprint density at radius 3 is 3.14 bits per heavy atom. The number of nitrogens with one attached hydrogen (secondary N) is 1. The number of aromatic nitrogens is 2. The summed E-state index contributed by atoms with van der Waals surface area (Å²) in [4.78, 5) is 11.0. The van der Waals surface area contributed by atoms with Crippen LogP contribution >= 0.6 is 23.1 Å². The third-order valence-corrected chi connectivity index (χ3v) is 3.27. The van der Waals surface area contributed by atoms with Gasteiger partial charge in [0.05, 0.1) is 0 Å². The normalized spacial score (nSPS) is 9.79. The minimum absolute atomic E-state index is 0.0404. The first kappa shape index (κ1) is 11.2. The van der Waals surface area contributed by atoms with E-state index >= 15 is 0 Å². The Morgan fingerprint density at radius 2 is 2.50 bits per heavy atom. The number of carbonyl (C=O) groups excluding carboxylic acids is 1. The van der Waals surface area contributed by atoms with Gasteiger partial charge in [-0.2, -0.15) is 0 Å². The molecular weight excluding hydrogens is 218 g/mol. The zero-order valence-electron chi connectivity index (χ0n) is 7.82. The molecule has 0 fully saturated rings. The Hall–Kier alpha value is -0.880. The molecular formula is C8H11N3OS2. The summed E-state index contributed by atoms with van der Waals surface area (Å²) in [5, 5.41) is 11.0. The van der Waals surface area contributed by atoms with Crippen LogP contribution in [0.25, 0.3) is 0 Å². The van der Waals surface area contributed by atoms with E-state index in [1.807, 2.05) is 0 Å². The lowest BCUT2D eigenvalue weighted by molar-refractivity contribution is -0.115. The van der Waals surface area contributed by atoms with Crippen molar-refractivity contribution in [3.8, 4) is 0 Å². The molecule has 6 heteroatoms. The Kier molecular flexibility index (Phi) is 4.61. The highest BCUT2D eigenvalue weighted by Crippen LogP contribution is 2.25. The summed E-state index contributed by atoms with van der Waals surface area (Å²) in [5.74, 6) is 0.762. The summed E-state index contributed by atoms with van der Waals surface area (Å²) in [6.07, 6.45) is 2.26. The molecule has 14 heavy (non-hydrogen) atoms. The smallest absolute Gasteiger partial charge is 0.225 e. The summed E-state index contributed by atoms with van der Waals surface area (Å²) >= 11 is 2.93. The number of rotatable bonds is 5. The van der Waals surface area contributed by atoms with Crippen molar-refractivity contribution in [2.45, 2.75) is 17.7 Å². The Morgan fingerprint density at radius 1 is 1.71 bits per heavy atom. The molecule has 1 heterocycles. The molecule has 0 spiro atoms. The summed E-state index contributed by atoms with van der Waals surface area (Å²) in [5.41, 5.74) is 0. The Balaban J connectivity index is 2.50. The van der Waals surface area contributed by atoms with Crippen LogP contribution in [-0.4, -0.2) is 21.9 Å². The number of hydrogen-bond donors (Lipinski definition) is 1. The molecule has 0 saturated heterocycles. The minimum atomic E-state index is -0.0404. The molecule has 1 aromatic heterocycles. The quantitative estimate of drug-likeness (QED) is 0.477. The monoisotopic (exact) mass is 229 g/mol. The van der Waals surface area contributed by atoms with Crippen molar-refractivity contribution < 1.29 is 4.79 Å². The van der Waals surface area contributed by atoms with Gasteiger partial charge in [-0.1, -0.05) is 36.1 Å². The predicted octanol–water partition coefficient (Wildman–Crippen LogP) is 2.16. The van der Waals surface area contributed by atoms with Gasteiger partial charge in [-0.15, -0.1) is 16.8 Å². The Labute approximate surface area is 90.8 Å². The van der Waals surface area contributed by atoms with Gasteiger partial charge < -0.3 is 5.32 Å². The fraction of sp³-hybridized carbons (Fsp3) is 0.375. The van der Waals surface area contributed by atoms with Gasteiger partial charge in [0.1, 0.15) is 0 Å². The highest BCUT2D eigenvalue weighted by Gasteiger charge is 2.05. The van der Waals surface area contributed by atoms with Crippen LogP contribution in [0.5, 0.6) is 0 Å². The molecule has 0 radical (unpaired) electrons. The number of anilines is 1. The summed E-state index contributed by atoms with van der Waals surface area (Å²) in [6, 6.07) is 0. The van der Waals surface area contributed by atoms with Crippen molar-refractivity contribution in [3.05, 3.63) is 12.7 Å². The van der Waals surface area contributed by atoms with E-state index in [1.54, 1.807) is 24.8 Å². The molecule has 76 valence electrons. The molecule has 1 rings (SSSR count). The van der Waals surface area contributed by atoms with Gasteiger partial charge in [-0.25, -0.2) is 0 Å². The summed E-state index contributed by atoms with van der Waals surface area (Å²) in [7, 11) is 0. The van der Waals surface area contributed by atoms with Crippen LogP contribution in [0.3, 0.4) is 0 Å². The largest absolute Gasteiger partial charge is 0.301 e. The molecule has 1 aromatic rings. The second-order valence-corrected chi connectivity index (χ2v) is 4.62. The van der Waals surface area contributed by atoms with Gasteiger partial charge in [-0.3, -0.25) is 4.79 Å². The molecule has 0 unspecified atom stereocenters. The molecule has 4 nitrogen and oxygen atoms in total. The van der Waals surface area contributed by atoms with Crippen molar-refractivity contribution in [1.29, 1.82) is 0 Å². The van der Waals surface area contributed by atoms with Crippen LogP contribution in [0.2, 0.25) is 0 Å². The molecule has 0 saturated carbocycles. The van der Waals surface area contributed by atoms with Gasteiger partial charge in [-0.05, 0) is 0 Å². The fourth-order valence-corrected chi connectivity index (χ4v) is 2.19. The molecule has 0 bridgehead atoms. The number of hydrogen-bond acceptors (Lipinski definition) is 5. The fourth-order valence-electron chi connectivity index (χ4n) is 0.656. The maximum absolute atomic E-state index is 11.0. The predicted molar refractivity (Wildman–Crippen MR) is 59.8 cm³/mol. The van der Waals surface area contributed by atoms with E-state index in [0.29, 0.717) is 11.6 Å². The van der Waals surface area contributed by atoms with Crippen molar-refractivity contribution in [3.63, 3.8) is 0 Å². The van der Waals surface area contributed by atoms with E-state index in [9.17, 15) is 4.79 Å². The average Bonchev–Trinajstić information content (AvgIpc) is 2.62. The number of amides is 1. The highest BCUT2D eigenvalue weighted by molar-refractivity contribution is 8.01. The van der Waals surface area contributed by atoms with E-state index < -0.39 is 0 Å². The molecule has 1 amide bonds. The van der Waals surface area contributed by atoms with Crippen molar-refractivity contribution in [1.82, 2.24) is 10.2 Å². The van der Waals surface area contributed by atoms with Crippen LogP contribution in [0, 0.1) is 0 Å².